The molecule has 5 nitrogen and oxygen atoms in total. The highest BCUT2D eigenvalue weighted by atomic mass is 31.2. The van der Waals surface area contributed by atoms with Crippen molar-refractivity contribution in [1.29, 1.82) is 0 Å². The van der Waals surface area contributed by atoms with Crippen LogP contribution in [0.2, 0.25) is 0 Å². The number of nitrogens with zero attached hydrogens (tertiary/aromatic N) is 1. The van der Waals surface area contributed by atoms with Crippen LogP contribution in [0.3, 0.4) is 0 Å². The Morgan fingerprint density at radius 3 is 2.33 bits per heavy atom. The minimum atomic E-state index is -3.51. The topological polar surface area (TPSA) is 74.4 Å². The van der Waals surface area contributed by atoms with Crippen LogP contribution in [-0.2, 0) is 15.9 Å². The Hall–Kier alpha value is -2.27. The van der Waals surface area contributed by atoms with E-state index in [1.54, 1.807) is 30.3 Å². The number of benzene rings is 1. The lowest BCUT2D eigenvalue weighted by molar-refractivity contribution is 0.154. The molecular formula is C26H36FN2O3P. The van der Waals surface area contributed by atoms with Crippen LogP contribution in [0.4, 0.5) is 4.39 Å². The Morgan fingerprint density at radius 1 is 1.15 bits per heavy atom. The molecule has 180 valence electrons. The monoisotopic (exact) mass is 474 g/mol. The zero-order valence-corrected chi connectivity index (χ0v) is 21.4. The van der Waals surface area contributed by atoms with E-state index in [0.29, 0.717) is 5.75 Å². The Kier molecular flexibility index (Phi) is 10.0. The molecule has 0 aliphatic rings. The lowest BCUT2D eigenvalue weighted by atomic mass is 9.87. The van der Waals surface area contributed by atoms with E-state index in [1.807, 2.05) is 26.0 Å². The predicted octanol–water partition coefficient (Wildman–Crippen LogP) is 7.27. The average Bonchev–Trinajstić information content (AvgIpc) is 2.75. The minimum Gasteiger partial charge on any atom is -0.431 e. The highest BCUT2D eigenvalue weighted by Gasteiger charge is 2.24. The summed E-state index contributed by atoms with van der Waals surface area (Å²) in [7, 11) is -3.51. The second kappa shape index (κ2) is 12.3. The fourth-order valence-electron chi connectivity index (χ4n) is 3.80. The van der Waals surface area contributed by atoms with Gasteiger partial charge in [-0.1, -0.05) is 64.1 Å². The number of allylic oxidation sites excluding steroid dienone is 4. The molecule has 0 saturated heterocycles. The summed E-state index contributed by atoms with van der Waals surface area (Å²) in [5, 5.41) is 0. The van der Waals surface area contributed by atoms with Gasteiger partial charge in [0.25, 0.3) is 0 Å². The van der Waals surface area contributed by atoms with Gasteiger partial charge in [0, 0.05) is 17.0 Å². The van der Waals surface area contributed by atoms with Gasteiger partial charge in [0.2, 0.25) is 0 Å². The number of halogens is 1. The van der Waals surface area contributed by atoms with Gasteiger partial charge in [-0.15, -0.1) is 0 Å². The molecule has 0 saturated carbocycles. The van der Waals surface area contributed by atoms with Crippen LogP contribution < -0.4 is 10.0 Å². The number of para-hydroxylation sites is 1. The van der Waals surface area contributed by atoms with Gasteiger partial charge in [-0.2, -0.15) is 0 Å². The molecule has 0 spiro atoms. The predicted molar refractivity (Wildman–Crippen MR) is 134 cm³/mol. The molecule has 0 aliphatic heterocycles. The maximum absolute atomic E-state index is 12.9. The van der Waals surface area contributed by atoms with Crippen LogP contribution in [0.5, 0.6) is 5.75 Å². The fraction of sp³-hybridized carbons (Fsp3) is 0.423. The quantitative estimate of drug-likeness (QED) is 0.274. The number of aromatic nitrogens is 1. The lowest BCUT2D eigenvalue weighted by Gasteiger charge is -2.24. The number of hydrogen-bond donors (Lipinski definition) is 1. The third kappa shape index (κ3) is 7.36. The molecule has 2 rings (SSSR count). The molecule has 1 aromatic carbocycles. The van der Waals surface area contributed by atoms with E-state index < -0.39 is 14.2 Å². The third-order valence-corrected chi connectivity index (χ3v) is 6.27. The molecule has 0 fully saturated rings. The van der Waals surface area contributed by atoms with E-state index in [1.165, 1.54) is 6.08 Å². The molecule has 2 N–H and O–H groups in total. The van der Waals surface area contributed by atoms with Gasteiger partial charge in [0.05, 0.1) is 6.61 Å². The summed E-state index contributed by atoms with van der Waals surface area (Å²) in [5.41, 5.74) is 11.6. The molecule has 2 aromatic rings. The number of ether oxygens (including phenoxy) is 1. The molecule has 0 bridgehead atoms. The van der Waals surface area contributed by atoms with E-state index in [-0.39, 0.29) is 24.8 Å². The van der Waals surface area contributed by atoms with Gasteiger partial charge >= 0.3 is 7.52 Å². The summed E-state index contributed by atoms with van der Waals surface area (Å²) in [6.45, 7) is 11.9. The summed E-state index contributed by atoms with van der Waals surface area (Å²) >= 11 is 0. The normalized spacial score (nSPS) is 14.3. The third-order valence-electron chi connectivity index (χ3n) is 5.21. The highest BCUT2D eigenvalue weighted by molar-refractivity contribution is 7.56. The summed E-state index contributed by atoms with van der Waals surface area (Å²) in [4.78, 5) is 4.97. The van der Waals surface area contributed by atoms with Gasteiger partial charge in [-0.25, -0.2) is 9.89 Å². The molecule has 7 heteroatoms. The zero-order valence-electron chi connectivity index (χ0n) is 20.5. The zero-order chi connectivity index (χ0) is 24.6. The van der Waals surface area contributed by atoms with Crippen molar-refractivity contribution < 1.29 is 18.2 Å². The summed E-state index contributed by atoms with van der Waals surface area (Å²) in [6, 6.07) is 8.80. The first-order valence-electron chi connectivity index (χ1n) is 11.2. The van der Waals surface area contributed by atoms with Crippen LogP contribution in [0.1, 0.15) is 74.5 Å². The molecule has 1 atom stereocenters. The van der Waals surface area contributed by atoms with Gasteiger partial charge < -0.3 is 9.26 Å². The Balaban J connectivity index is 2.44. The van der Waals surface area contributed by atoms with Crippen LogP contribution in [-0.4, -0.2) is 18.0 Å². The molecule has 0 amide bonds. The number of nitrogens with two attached hydrogens (primary N) is 1. The van der Waals surface area contributed by atoms with Gasteiger partial charge in [-0.3, -0.25) is 9.55 Å². The van der Waals surface area contributed by atoms with E-state index >= 15 is 0 Å². The first-order chi connectivity index (χ1) is 15.6. The van der Waals surface area contributed by atoms with Crippen molar-refractivity contribution in [3.05, 3.63) is 76.6 Å². The molecule has 0 radical (unpaired) electrons. The van der Waals surface area contributed by atoms with Crippen LogP contribution >= 0.6 is 7.52 Å². The number of pyridine rings is 1. The molecule has 1 aromatic heterocycles. The van der Waals surface area contributed by atoms with Gasteiger partial charge in [-0.05, 0) is 54.5 Å². The van der Waals surface area contributed by atoms with Crippen molar-refractivity contribution in [2.75, 3.05) is 13.0 Å². The summed E-state index contributed by atoms with van der Waals surface area (Å²) in [5.74, 6) is 0.791. The van der Waals surface area contributed by atoms with Crippen molar-refractivity contribution in [2.45, 2.75) is 60.0 Å². The van der Waals surface area contributed by atoms with Crippen LogP contribution in [0.25, 0.3) is 5.57 Å². The van der Waals surface area contributed by atoms with Crippen molar-refractivity contribution in [2.24, 2.45) is 5.50 Å². The smallest absolute Gasteiger partial charge is 0.339 e. The first-order valence-corrected chi connectivity index (χ1v) is 13.1. The second-order valence-electron chi connectivity index (χ2n) is 8.58. The van der Waals surface area contributed by atoms with Crippen molar-refractivity contribution in [3.8, 4) is 5.75 Å². The van der Waals surface area contributed by atoms with Crippen LogP contribution in [0, 0.1) is 6.92 Å². The van der Waals surface area contributed by atoms with Crippen molar-refractivity contribution >= 4 is 13.1 Å². The average molecular weight is 475 g/mol. The standard InChI is InChI=1S/C26H36FN2O3P/c1-7-21(12-11-15-27)24-20(6)25(18(2)3)29-26(19(4)5)23(24)16-31-17-33(28,30)32-22-13-9-8-10-14-22/h7-14,18-19H,15-17H2,1-6H3,(H2,28,30)/b12-11-,21-7+. The summed E-state index contributed by atoms with van der Waals surface area (Å²) < 4.78 is 37.0. The van der Waals surface area contributed by atoms with Crippen molar-refractivity contribution in [3.63, 3.8) is 0 Å². The molecule has 33 heavy (non-hydrogen) atoms. The number of rotatable bonds is 11. The second-order valence-corrected chi connectivity index (χ2v) is 10.5. The molecule has 1 unspecified atom stereocenters. The highest BCUT2D eigenvalue weighted by Crippen LogP contribution is 2.40. The number of hydrogen-bond acceptors (Lipinski definition) is 4. The molecular weight excluding hydrogens is 438 g/mol. The first kappa shape index (κ1) is 27.0. The van der Waals surface area contributed by atoms with E-state index in [4.69, 9.17) is 19.7 Å². The number of alkyl halides is 1. The van der Waals surface area contributed by atoms with Gasteiger partial charge in [0.15, 0.2) is 0 Å². The summed E-state index contributed by atoms with van der Waals surface area (Å²) in [6.07, 6.45) is 4.99. The van der Waals surface area contributed by atoms with E-state index in [9.17, 15) is 8.96 Å². The maximum atomic E-state index is 12.9. The Morgan fingerprint density at radius 2 is 1.79 bits per heavy atom. The molecule has 0 aliphatic carbocycles. The van der Waals surface area contributed by atoms with E-state index in [2.05, 4.69) is 27.7 Å². The Bertz CT molecular complexity index is 1030. The maximum Gasteiger partial charge on any atom is 0.339 e. The van der Waals surface area contributed by atoms with Crippen molar-refractivity contribution in [1.82, 2.24) is 4.98 Å². The van der Waals surface area contributed by atoms with Crippen LogP contribution in [0.15, 0.2) is 48.6 Å². The largest absolute Gasteiger partial charge is 0.431 e. The SMILES string of the molecule is C/C=C(\C=C/CF)c1c(C)c(C(C)C)nc(C(C)C)c1COCP(N)(=O)Oc1ccccc1. The molecule has 1 heterocycles. The van der Waals surface area contributed by atoms with E-state index in [0.717, 1.165) is 33.7 Å². The fourth-order valence-corrected chi connectivity index (χ4v) is 4.67. The Labute approximate surface area is 197 Å². The minimum absolute atomic E-state index is 0.133. The van der Waals surface area contributed by atoms with Gasteiger partial charge in [0.1, 0.15) is 18.8 Å². The lowest BCUT2D eigenvalue weighted by Crippen LogP contribution is -2.15.